The minimum atomic E-state index is 0.113. The van der Waals surface area contributed by atoms with Gasteiger partial charge in [-0.1, -0.05) is 35.9 Å². The molecule has 4 rings (SSSR count). The number of para-hydroxylation sites is 1. The van der Waals surface area contributed by atoms with E-state index < -0.39 is 0 Å². The summed E-state index contributed by atoms with van der Waals surface area (Å²) in [5.74, 6) is 0.631. The number of rotatable bonds is 5. The molecule has 1 aromatic heterocycles. The molecule has 1 saturated heterocycles. The van der Waals surface area contributed by atoms with E-state index in [-0.39, 0.29) is 11.9 Å². The van der Waals surface area contributed by atoms with Gasteiger partial charge in [-0.05, 0) is 49.6 Å². The molecule has 1 fully saturated rings. The Morgan fingerprint density at radius 1 is 1.21 bits per heavy atom. The summed E-state index contributed by atoms with van der Waals surface area (Å²) >= 11 is 7.73. The molecule has 28 heavy (non-hydrogen) atoms. The van der Waals surface area contributed by atoms with E-state index in [1.54, 1.807) is 11.3 Å². The van der Waals surface area contributed by atoms with Crippen LogP contribution in [0.3, 0.4) is 0 Å². The van der Waals surface area contributed by atoms with E-state index in [1.165, 1.54) is 9.71 Å². The van der Waals surface area contributed by atoms with Gasteiger partial charge < -0.3 is 10.2 Å². The van der Waals surface area contributed by atoms with Crippen LogP contribution in [-0.2, 0) is 4.79 Å². The van der Waals surface area contributed by atoms with Crippen LogP contribution >= 0.6 is 22.9 Å². The van der Waals surface area contributed by atoms with Crippen molar-refractivity contribution in [1.82, 2.24) is 15.2 Å². The lowest BCUT2D eigenvalue weighted by Gasteiger charge is -2.31. The highest BCUT2D eigenvalue weighted by Crippen LogP contribution is 2.33. The van der Waals surface area contributed by atoms with Crippen LogP contribution in [0.15, 0.2) is 48.5 Å². The molecular formula is C22H24ClN3OS. The lowest BCUT2D eigenvalue weighted by molar-refractivity contribution is -0.131. The van der Waals surface area contributed by atoms with E-state index in [0.29, 0.717) is 12.5 Å². The molecule has 3 aromatic rings. The Bertz CT molecular complexity index is 915. The molecule has 1 atom stereocenters. The van der Waals surface area contributed by atoms with Crippen molar-refractivity contribution in [2.45, 2.75) is 31.7 Å². The smallest absolute Gasteiger partial charge is 0.236 e. The number of aromatic nitrogens is 1. The van der Waals surface area contributed by atoms with Crippen LogP contribution in [-0.4, -0.2) is 35.4 Å². The average molecular weight is 414 g/mol. The van der Waals surface area contributed by atoms with E-state index in [9.17, 15) is 4.79 Å². The van der Waals surface area contributed by atoms with Gasteiger partial charge in [-0.25, -0.2) is 4.98 Å². The van der Waals surface area contributed by atoms with E-state index >= 15 is 0 Å². The first-order valence-electron chi connectivity index (χ1n) is 9.72. The summed E-state index contributed by atoms with van der Waals surface area (Å²) in [6.07, 6.45) is 1.97. The first-order valence-corrected chi connectivity index (χ1v) is 10.9. The standard InChI is InChI=1S/C22H24ClN3OS/c1-15(16-6-8-18(23)9-7-16)24-14-21(27)26-12-10-17(11-13-26)22-25-19-4-2-3-5-20(19)28-22/h2-9,15,17,24H,10-14H2,1H3/t15-/m0/s1. The number of likely N-dealkylation sites (tertiary alicyclic amines) is 1. The Kier molecular flexibility index (Phi) is 5.95. The zero-order valence-corrected chi connectivity index (χ0v) is 17.5. The monoisotopic (exact) mass is 413 g/mol. The minimum absolute atomic E-state index is 0.113. The number of hydrogen-bond acceptors (Lipinski definition) is 4. The Labute approximate surface area is 174 Å². The number of hydrogen-bond donors (Lipinski definition) is 1. The molecule has 4 nitrogen and oxygen atoms in total. The third kappa shape index (κ3) is 4.37. The highest BCUT2D eigenvalue weighted by molar-refractivity contribution is 7.18. The zero-order valence-electron chi connectivity index (χ0n) is 15.9. The molecule has 1 amide bonds. The van der Waals surface area contributed by atoms with Gasteiger partial charge in [-0.15, -0.1) is 11.3 Å². The van der Waals surface area contributed by atoms with Crippen molar-refractivity contribution in [2.24, 2.45) is 0 Å². The Hall–Kier alpha value is -1.95. The number of amides is 1. The average Bonchev–Trinajstić information content (AvgIpc) is 3.16. The van der Waals surface area contributed by atoms with E-state index in [2.05, 4.69) is 30.4 Å². The van der Waals surface area contributed by atoms with Crippen LogP contribution in [0.5, 0.6) is 0 Å². The van der Waals surface area contributed by atoms with Crippen LogP contribution in [0.1, 0.15) is 42.3 Å². The van der Waals surface area contributed by atoms with Crippen LogP contribution in [0.4, 0.5) is 0 Å². The third-order valence-corrected chi connectivity index (χ3v) is 6.89. The quantitative estimate of drug-likeness (QED) is 0.639. The number of fused-ring (bicyclic) bond motifs is 1. The van der Waals surface area contributed by atoms with Gasteiger partial charge in [-0.3, -0.25) is 4.79 Å². The minimum Gasteiger partial charge on any atom is -0.342 e. The number of halogens is 1. The number of piperidine rings is 1. The van der Waals surface area contributed by atoms with Crippen molar-refractivity contribution in [3.8, 4) is 0 Å². The maximum absolute atomic E-state index is 12.6. The SMILES string of the molecule is C[C@H](NCC(=O)N1CCC(c2nc3ccccc3s2)CC1)c1ccc(Cl)cc1. The second kappa shape index (κ2) is 8.60. The fourth-order valence-electron chi connectivity index (χ4n) is 3.66. The fraction of sp³-hybridized carbons (Fsp3) is 0.364. The molecule has 0 radical (unpaired) electrons. The summed E-state index contributed by atoms with van der Waals surface area (Å²) in [7, 11) is 0. The first-order chi connectivity index (χ1) is 13.6. The van der Waals surface area contributed by atoms with Gasteiger partial charge in [0.15, 0.2) is 0 Å². The highest BCUT2D eigenvalue weighted by Gasteiger charge is 2.26. The van der Waals surface area contributed by atoms with Crippen LogP contribution < -0.4 is 5.32 Å². The van der Waals surface area contributed by atoms with E-state index in [4.69, 9.17) is 16.6 Å². The third-order valence-electron chi connectivity index (χ3n) is 5.44. The maximum atomic E-state index is 12.6. The molecule has 146 valence electrons. The molecule has 0 saturated carbocycles. The first kappa shape index (κ1) is 19.4. The molecule has 6 heteroatoms. The molecule has 0 aliphatic carbocycles. The number of nitrogens with one attached hydrogen (secondary N) is 1. The van der Waals surface area contributed by atoms with Gasteiger partial charge in [0.05, 0.1) is 21.8 Å². The van der Waals surface area contributed by atoms with Crippen molar-refractivity contribution in [3.63, 3.8) is 0 Å². The van der Waals surface area contributed by atoms with Gasteiger partial charge in [-0.2, -0.15) is 0 Å². The Morgan fingerprint density at radius 3 is 2.64 bits per heavy atom. The molecular weight excluding hydrogens is 390 g/mol. The molecule has 2 heterocycles. The molecule has 1 N–H and O–H groups in total. The number of benzene rings is 2. The summed E-state index contributed by atoms with van der Waals surface area (Å²) in [4.78, 5) is 19.4. The second-order valence-electron chi connectivity index (χ2n) is 7.33. The second-order valence-corrected chi connectivity index (χ2v) is 8.83. The van der Waals surface area contributed by atoms with Gasteiger partial charge in [0.2, 0.25) is 5.91 Å². The molecule has 0 unspecified atom stereocenters. The predicted octanol–water partition coefficient (Wildman–Crippen LogP) is 5.01. The number of thiazole rings is 1. The molecule has 2 aromatic carbocycles. The lowest BCUT2D eigenvalue weighted by Crippen LogP contribution is -2.43. The highest BCUT2D eigenvalue weighted by atomic mass is 35.5. The summed E-state index contributed by atoms with van der Waals surface area (Å²) in [6, 6.07) is 16.1. The van der Waals surface area contributed by atoms with Crippen molar-refractivity contribution in [1.29, 1.82) is 0 Å². The molecule has 1 aliphatic heterocycles. The van der Waals surface area contributed by atoms with Crippen molar-refractivity contribution in [3.05, 3.63) is 64.1 Å². The van der Waals surface area contributed by atoms with Gasteiger partial charge >= 0.3 is 0 Å². The van der Waals surface area contributed by atoms with Crippen LogP contribution in [0.2, 0.25) is 5.02 Å². The van der Waals surface area contributed by atoms with Gasteiger partial charge in [0.25, 0.3) is 0 Å². The fourth-order valence-corrected chi connectivity index (χ4v) is 4.92. The summed E-state index contributed by atoms with van der Waals surface area (Å²) in [6.45, 7) is 4.03. The van der Waals surface area contributed by atoms with Gasteiger partial charge in [0.1, 0.15) is 0 Å². The lowest BCUT2D eigenvalue weighted by atomic mass is 9.97. The summed E-state index contributed by atoms with van der Waals surface area (Å²) in [5, 5.41) is 5.27. The topological polar surface area (TPSA) is 45.2 Å². The maximum Gasteiger partial charge on any atom is 0.236 e. The summed E-state index contributed by atoms with van der Waals surface area (Å²) < 4.78 is 1.25. The van der Waals surface area contributed by atoms with E-state index in [1.807, 2.05) is 35.2 Å². The van der Waals surface area contributed by atoms with Crippen LogP contribution in [0.25, 0.3) is 10.2 Å². The van der Waals surface area contributed by atoms with Crippen molar-refractivity contribution >= 4 is 39.1 Å². The van der Waals surface area contributed by atoms with Crippen molar-refractivity contribution < 1.29 is 4.79 Å². The van der Waals surface area contributed by atoms with Crippen LogP contribution in [0, 0.1) is 0 Å². The number of nitrogens with zero attached hydrogens (tertiary/aromatic N) is 2. The van der Waals surface area contributed by atoms with Crippen molar-refractivity contribution in [2.75, 3.05) is 19.6 Å². The number of carbonyl (C=O) groups is 1. The molecule has 0 bridgehead atoms. The Balaban J connectivity index is 1.28. The normalized spacial score (nSPS) is 16.4. The summed E-state index contributed by atoms with van der Waals surface area (Å²) in [5.41, 5.74) is 2.22. The molecule has 0 spiro atoms. The predicted molar refractivity (Wildman–Crippen MR) is 116 cm³/mol. The number of carbonyl (C=O) groups excluding carboxylic acids is 1. The zero-order chi connectivity index (χ0) is 19.5. The van der Waals surface area contributed by atoms with Gasteiger partial charge in [0, 0.05) is 30.1 Å². The largest absolute Gasteiger partial charge is 0.342 e. The van der Waals surface area contributed by atoms with E-state index in [0.717, 1.165) is 42.0 Å². The Morgan fingerprint density at radius 2 is 1.93 bits per heavy atom. The molecule has 1 aliphatic rings.